The molecule has 0 unspecified atom stereocenters. The van der Waals surface area contributed by atoms with E-state index in [-0.39, 0.29) is 28.4 Å². The third-order valence-corrected chi connectivity index (χ3v) is 5.74. The molecule has 2 aromatic carbocycles. The zero-order valence-electron chi connectivity index (χ0n) is 19.9. The molecule has 0 radical (unpaired) electrons. The topological polar surface area (TPSA) is 104 Å². The number of nitrogen functional groups attached to an aromatic ring is 1. The van der Waals surface area contributed by atoms with E-state index in [0.717, 1.165) is 18.4 Å². The molecule has 1 heterocycles. The van der Waals surface area contributed by atoms with Gasteiger partial charge in [0.1, 0.15) is 17.7 Å². The first-order valence-electron chi connectivity index (χ1n) is 11.4. The molecular formula is C27H29N3O4. The Balaban J connectivity index is 1.62. The lowest BCUT2D eigenvalue weighted by molar-refractivity contribution is 0.00694. The van der Waals surface area contributed by atoms with Crippen molar-refractivity contribution in [1.82, 2.24) is 9.55 Å². The summed E-state index contributed by atoms with van der Waals surface area (Å²) in [6.07, 6.45) is 4.26. The molecule has 0 saturated heterocycles. The highest BCUT2D eigenvalue weighted by molar-refractivity contribution is 6.11. The third-order valence-electron chi connectivity index (χ3n) is 5.74. The molecule has 1 aromatic heterocycles. The van der Waals surface area contributed by atoms with Crippen LogP contribution in [0, 0.1) is 12.8 Å². The van der Waals surface area contributed by atoms with Crippen LogP contribution in [0.3, 0.4) is 0 Å². The predicted molar refractivity (Wildman–Crippen MR) is 129 cm³/mol. The van der Waals surface area contributed by atoms with E-state index in [4.69, 9.17) is 10.5 Å². The van der Waals surface area contributed by atoms with Crippen molar-refractivity contribution in [3.05, 3.63) is 76.7 Å². The zero-order valence-corrected chi connectivity index (χ0v) is 19.9. The largest absolute Gasteiger partial charge is 0.456 e. The van der Waals surface area contributed by atoms with Gasteiger partial charge in [-0.2, -0.15) is 0 Å². The van der Waals surface area contributed by atoms with Crippen LogP contribution < -0.4 is 5.73 Å². The highest BCUT2D eigenvalue weighted by Gasteiger charge is 2.26. The summed E-state index contributed by atoms with van der Waals surface area (Å²) < 4.78 is 7.02. The Morgan fingerprint density at radius 1 is 1.06 bits per heavy atom. The number of esters is 1. The molecule has 1 saturated carbocycles. The van der Waals surface area contributed by atoms with Gasteiger partial charge in [-0.15, -0.1) is 0 Å². The molecule has 0 spiro atoms. The Bertz CT molecular complexity index is 1280. The maximum Gasteiger partial charge on any atom is 0.338 e. The SMILES string of the molecule is Cc1ccc(C(=O)CC2CC2)cc1-n1cnc(C(=O)c2cccc(C(=O)OC(C)(C)C)c2)c1N. The minimum atomic E-state index is -0.646. The van der Waals surface area contributed by atoms with Gasteiger partial charge in [0.25, 0.3) is 0 Å². The second kappa shape index (κ2) is 8.89. The zero-order chi connectivity index (χ0) is 24.6. The van der Waals surface area contributed by atoms with E-state index < -0.39 is 17.4 Å². The summed E-state index contributed by atoms with van der Waals surface area (Å²) in [5.74, 6) is -0.138. The number of carbonyl (C=O) groups is 3. The van der Waals surface area contributed by atoms with Crippen LogP contribution in [0.5, 0.6) is 0 Å². The van der Waals surface area contributed by atoms with Gasteiger partial charge in [-0.1, -0.05) is 24.3 Å². The molecule has 0 bridgehead atoms. The lowest BCUT2D eigenvalue weighted by atomic mass is 10.0. The normalized spacial score (nSPS) is 13.5. The number of imidazole rings is 1. The van der Waals surface area contributed by atoms with Gasteiger partial charge in [0.15, 0.2) is 11.5 Å². The minimum Gasteiger partial charge on any atom is -0.456 e. The summed E-state index contributed by atoms with van der Waals surface area (Å²) >= 11 is 0. The van der Waals surface area contributed by atoms with Crippen molar-refractivity contribution in [2.45, 2.75) is 52.6 Å². The summed E-state index contributed by atoms with van der Waals surface area (Å²) in [7, 11) is 0. The lowest BCUT2D eigenvalue weighted by Crippen LogP contribution is -2.24. The lowest BCUT2D eigenvalue weighted by Gasteiger charge is -2.19. The monoisotopic (exact) mass is 459 g/mol. The molecule has 0 amide bonds. The van der Waals surface area contributed by atoms with Gasteiger partial charge in [-0.3, -0.25) is 14.2 Å². The standard InChI is InChI=1S/C27H29N3O4/c1-16-8-11-18(22(31)12-17-9-10-17)14-21(16)30-15-29-23(25(30)28)24(32)19-6-5-7-20(13-19)26(33)34-27(2,3)4/h5-8,11,13-15,17H,9-10,12,28H2,1-4H3. The number of carbonyl (C=O) groups excluding carboxylic acids is 3. The van der Waals surface area contributed by atoms with Crippen LogP contribution >= 0.6 is 0 Å². The van der Waals surface area contributed by atoms with Crippen LogP contribution in [0.1, 0.15) is 82.4 Å². The van der Waals surface area contributed by atoms with Gasteiger partial charge >= 0.3 is 5.97 Å². The Hall–Kier alpha value is -3.74. The first-order chi connectivity index (χ1) is 16.0. The van der Waals surface area contributed by atoms with Crippen LogP contribution in [0.4, 0.5) is 5.82 Å². The van der Waals surface area contributed by atoms with Crippen LogP contribution in [0.15, 0.2) is 48.8 Å². The van der Waals surface area contributed by atoms with Gasteiger partial charge in [0, 0.05) is 17.5 Å². The molecular weight excluding hydrogens is 430 g/mol. The second-order valence-electron chi connectivity index (χ2n) is 9.83. The molecule has 4 rings (SSSR count). The molecule has 1 aliphatic rings. The van der Waals surface area contributed by atoms with E-state index in [9.17, 15) is 14.4 Å². The minimum absolute atomic E-state index is 0.0791. The number of benzene rings is 2. The Labute approximate surface area is 198 Å². The van der Waals surface area contributed by atoms with Crippen molar-refractivity contribution in [3.8, 4) is 5.69 Å². The Morgan fingerprint density at radius 2 is 1.76 bits per heavy atom. The second-order valence-corrected chi connectivity index (χ2v) is 9.83. The fourth-order valence-electron chi connectivity index (χ4n) is 3.73. The van der Waals surface area contributed by atoms with E-state index in [2.05, 4.69) is 4.98 Å². The number of ketones is 2. The molecule has 1 fully saturated rings. The number of hydrogen-bond acceptors (Lipinski definition) is 6. The number of aromatic nitrogens is 2. The molecule has 7 heteroatoms. The van der Waals surface area contributed by atoms with E-state index in [0.29, 0.717) is 23.6 Å². The molecule has 0 atom stereocenters. The Morgan fingerprint density at radius 3 is 2.44 bits per heavy atom. The number of nitrogens with zero attached hydrogens (tertiary/aromatic N) is 2. The van der Waals surface area contributed by atoms with Gasteiger partial charge in [0.05, 0.1) is 11.3 Å². The third kappa shape index (κ3) is 5.09. The highest BCUT2D eigenvalue weighted by Crippen LogP contribution is 2.34. The number of anilines is 1. The van der Waals surface area contributed by atoms with Gasteiger partial charge in [-0.05, 0) is 70.2 Å². The Kier molecular flexibility index (Phi) is 6.13. The highest BCUT2D eigenvalue weighted by atomic mass is 16.6. The number of rotatable bonds is 7. The van der Waals surface area contributed by atoms with Crippen molar-refractivity contribution in [2.75, 3.05) is 5.73 Å². The quantitative estimate of drug-likeness (QED) is 0.397. The fourth-order valence-corrected chi connectivity index (χ4v) is 3.73. The van der Waals surface area contributed by atoms with Crippen molar-refractivity contribution >= 4 is 23.4 Å². The molecule has 2 N–H and O–H groups in total. The summed E-state index contributed by atoms with van der Waals surface area (Å²) in [6, 6.07) is 11.8. The van der Waals surface area contributed by atoms with Crippen LogP contribution in [0.25, 0.3) is 5.69 Å². The van der Waals surface area contributed by atoms with Crippen LogP contribution in [0.2, 0.25) is 0 Å². The average molecular weight is 460 g/mol. The van der Waals surface area contributed by atoms with Gasteiger partial charge in [0.2, 0.25) is 5.78 Å². The molecule has 7 nitrogen and oxygen atoms in total. The van der Waals surface area contributed by atoms with E-state index >= 15 is 0 Å². The molecule has 1 aliphatic carbocycles. The maximum atomic E-state index is 13.2. The van der Waals surface area contributed by atoms with Gasteiger partial charge < -0.3 is 10.5 Å². The summed E-state index contributed by atoms with van der Waals surface area (Å²) in [6.45, 7) is 7.26. The molecule has 34 heavy (non-hydrogen) atoms. The van der Waals surface area contributed by atoms with Gasteiger partial charge in [-0.25, -0.2) is 9.78 Å². The predicted octanol–water partition coefficient (Wildman–Crippen LogP) is 4.93. The first-order valence-corrected chi connectivity index (χ1v) is 11.4. The number of Topliss-reactive ketones (excluding diaryl/α,β-unsaturated/α-hetero) is 1. The van der Waals surface area contributed by atoms with E-state index in [1.54, 1.807) is 49.6 Å². The van der Waals surface area contributed by atoms with E-state index in [1.807, 2.05) is 19.1 Å². The molecule has 3 aromatic rings. The summed E-state index contributed by atoms with van der Waals surface area (Å²) in [4.78, 5) is 42.5. The van der Waals surface area contributed by atoms with Crippen molar-refractivity contribution in [1.29, 1.82) is 0 Å². The fraction of sp³-hybridized carbons (Fsp3) is 0.333. The van der Waals surface area contributed by atoms with Crippen molar-refractivity contribution in [3.63, 3.8) is 0 Å². The summed E-state index contributed by atoms with van der Waals surface area (Å²) in [5.41, 5.74) is 8.56. The average Bonchev–Trinajstić information content (AvgIpc) is 3.51. The van der Waals surface area contributed by atoms with Crippen molar-refractivity contribution < 1.29 is 19.1 Å². The smallest absolute Gasteiger partial charge is 0.338 e. The first kappa shape index (κ1) is 23.4. The molecule has 0 aliphatic heterocycles. The van der Waals surface area contributed by atoms with Crippen LogP contribution in [-0.4, -0.2) is 32.7 Å². The maximum absolute atomic E-state index is 13.2. The number of aryl methyl sites for hydroxylation is 1. The summed E-state index contributed by atoms with van der Waals surface area (Å²) in [5, 5.41) is 0. The van der Waals surface area contributed by atoms with Crippen LogP contribution in [-0.2, 0) is 4.74 Å². The molecule has 176 valence electrons. The number of ether oxygens (including phenoxy) is 1. The number of nitrogens with two attached hydrogens (primary N) is 1. The van der Waals surface area contributed by atoms with Crippen molar-refractivity contribution in [2.24, 2.45) is 5.92 Å². The van der Waals surface area contributed by atoms with E-state index in [1.165, 1.54) is 12.4 Å². The number of hydrogen-bond donors (Lipinski definition) is 1.